The maximum atomic E-state index is 12.3. The summed E-state index contributed by atoms with van der Waals surface area (Å²) in [7, 11) is 0. The number of nitrogens with one attached hydrogen (secondary N) is 2. The van der Waals surface area contributed by atoms with E-state index < -0.39 is 0 Å². The Labute approximate surface area is 143 Å². The summed E-state index contributed by atoms with van der Waals surface area (Å²) in [6.45, 7) is 3.42. The minimum absolute atomic E-state index is 0.0242. The first-order chi connectivity index (χ1) is 11.6. The highest BCUT2D eigenvalue weighted by atomic mass is 16.2. The highest BCUT2D eigenvalue weighted by molar-refractivity contribution is 5.94. The third kappa shape index (κ3) is 4.28. The molecule has 2 fully saturated rings. The van der Waals surface area contributed by atoms with Crippen LogP contribution in [0.2, 0.25) is 0 Å². The van der Waals surface area contributed by atoms with Crippen molar-refractivity contribution in [2.45, 2.75) is 57.5 Å². The lowest BCUT2D eigenvalue weighted by Gasteiger charge is -2.33. The zero-order chi connectivity index (χ0) is 16.9. The topological polar surface area (TPSA) is 61.4 Å². The van der Waals surface area contributed by atoms with Gasteiger partial charge in [0.15, 0.2) is 0 Å². The van der Waals surface area contributed by atoms with E-state index in [1.807, 2.05) is 36.1 Å². The SMILES string of the molecule is Cc1ccc(C(=O)NC2CCN(C(=O)NC3CCCC3)CC2)cc1. The number of carbonyl (C=O) groups excluding carboxylic acids is 2. The quantitative estimate of drug-likeness (QED) is 0.896. The van der Waals surface area contributed by atoms with Crippen molar-refractivity contribution in [1.82, 2.24) is 15.5 Å². The fourth-order valence-electron chi connectivity index (χ4n) is 3.54. The van der Waals surface area contributed by atoms with Crippen molar-refractivity contribution < 1.29 is 9.59 Å². The summed E-state index contributed by atoms with van der Waals surface area (Å²) in [6.07, 6.45) is 6.28. The predicted molar refractivity (Wildman–Crippen MR) is 94.0 cm³/mol. The number of hydrogen-bond donors (Lipinski definition) is 2. The number of hydrogen-bond acceptors (Lipinski definition) is 2. The van der Waals surface area contributed by atoms with Crippen molar-refractivity contribution in [3.63, 3.8) is 0 Å². The highest BCUT2D eigenvalue weighted by Crippen LogP contribution is 2.18. The summed E-state index contributed by atoms with van der Waals surface area (Å²) in [4.78, 5) is 26.4. The Kier molecular flexibility index (Phi) is 5.38. The summed E-state index contributed by atoms with van der Waals surface area (Å²) in [5.74, 6) is -0.0242. The molecule has 2 aliphatic rings. The Morgan fingerprint density at radius 1 is 0.917 bits per heavy atom. The number of urea groups is 1. The van der Waals surface area contributed by atoms with Crippen LogP contribution in [-0.2, 0) is 0 Å². The molecule has 5 heteroatoms. The van der Waals surface area contributed by atoms with E-state index in [9.17, 15) is 9.59 Å². The molecule has 1 saturated carbocycles. The van der Waals surface area contributed by atoms with Crippen molar-refractivity contribution >= 4 is 11.9 Å². The third-order valence-corrected chi connectivity index (χ3v) is 5.11. The maximum absolute atomic E-state index is 12.3. The third-order valence-electron chi connectivity index (χ3n) is 5.11. The molecule has 24 heavy (non-hydrogen) atoms. The van der Waals surface area contributed by atoms with E-state index in [2.05, 4.69) is 10.6 Å². The lowest BCUT2D eigenvalue weighted by Crippen LogP contribution is -2.51. The fourth-order valence-corrected chi connectivity index (χ4v) is 3.54. The standard InChI is InChI=1S/C19H27N3O2/c1-14-6-8-15(9-7-14)18(23)20-17-10-12-22(13-11-17)19(24)21-16-4-2-3-5-16/h6-9,16-17H,2-5,10-13H2,1H3,(H,20,23)(H,21,24). The second-order valence-corrected chi connectivity index (χ2v) is 7.03. The monoisotopic (exact) mass is 329 g/mol. The summed E-state index contributed by atoms with van der Waals surface area (Å²) in [6, 6.07) is 8.18. The Morgan fingerprint density at radius 3 is 2.12 bits per heavy atom. The van der Waals surface area contributed by atoms with Crippen LogP contribution < -0.4 is 10.6 Å². The molecule has 0 unspecified atom stereocenters. The molecule has 0 spiro atoms. The van der Waals surface area contributed by atoms with Gasteiger partial charge in [-0.1, -0.05) is 30.5 Å². The van der Waals surface area contributed by atoms with Crippen molar-refractivity contribution in [2.75, 3.05) is 13.1 Å². The van der Waals surface area contributed by atoms with Crippen LogP contribution in [0.4, 0.5) is 4.79 Å². The molecule has 1 heterocycles. The van der Waals surface area contributed by atoms with Crippen LogP contribution in [0.15, 0.2) is 24.3 Å². The number of rotatable bonds is 3. The summed E-state index contributed by atoms with van der Waals surface area (Å²) in [5.41, 5.74) is 1.84. The van der Waals surface area contributed by atoms with Gasteiger partial charge in [-0.2, -0.15) is 0 Å². The molecular weight excluding hydrogens is 302 g/mol. The normalized spacial score (nSPS) is 19.3. The van der Waals surface area contributed by atoms with Gasteiger partial charge in [0.1, 0.15) is 0 Å². The van der Waals surface area contributed by atoms with E-state index in [-0.39, 0.29) is 18.0 Å². The Bertz CT molecular complexity index is 571. The average molecular weight is 329 g/mol. The van der Waals surface area contributed by atoms with Gasteiger partial charge in [0.2, 0.25) is 0 Å². The van der Waals surface area contributed by atoms with E-state index in [4.69, 9.17) is 0 Å². The zero-order valence-corrected chi connectivity index (χ0v) is 14.4. The minimum atomic E-state index is -0.0242. The summed E-state index contributed by atoms with van der Waals surface area (Å²) < 4.78 is 0. The van der Waals surface area contributed by atoms with Crippen molar-refractivity contribution in [3.8, 4) is 0 Å². The van der Waals surface area contributed by atoms with E-state index in [1.165, 1.54) is 12.8 Å². The maximum Gasteiger partial charge on any atom is 0.317 e. The number of amides is 3. The van der Waals surface area contributed by atoms with Gasteiger partial charge in [-0.05, 0) is 44.7 Å². The van der Waals surface area contributed by atoms with E-state index in [0.29, 0.717) is 24.7 Å². The van der Waals surface area contributed by atoms with Crippen LogP contribution in [0.1, 0.15) is 54.4 Å². The Hall–Kier alpha value is -2.04. The molecule has 0 atom stereocenters. The largest absolute Gasteiger partial charge is 0.349 e. The van der Waals surface area contributed by atoms with Crippen LogP contribution in [0.3, 0.4) is 0 Å². The number of piperidine rings is 1. The molecule has 1 aliphatic carbocycles. The smallest absolute Gasteiger partial charge is 0.317 e. The molecule has 0 bridgehead atoms. The minimum Gasteiger partial charge on any atom is -0.349 e. The first-order valence-electron chi connectivity index (χ1n) is 9.05. The molecule has 130 valence electrons. The summed E-state index contributed by atoms with van der Waals surface area (Å²) in [5, 5.41) is 6.22. The van der Waals surface area contributed by atoms with Gasteiger partial charge in [0, 0.05) is 30.7 Å². The number of aryl methyl sites for hydroxylation is 1. The fraction of sp³-hybridized carbons (Fsp3) is 0.579. The van der Waals surface area contributed by atoms with Crippen LogP contribution in [-0.4, -0.2) is 42.0 Å². The number of benzene rings is 1. The van der Waals surface area contributed by atoms with Gasteiger partial charge >= 0.3 is 6.03 Å². The molecule has 5 nitrogen and oxygen atoms in total. The van der Waals surface area contributed by atoms with Crippen LogP contribution in [0.25, 0.3) is 0 Å². The van der Waals surface area contributed by atoms with Gasteiger partial charge in [0.05, 0.1) is 0 Å². The molecule has 1 saturated heterocycles. The van der Waals surface area contributed by atoms with E-state index in [1.54, 1.807) is 0 Å². The van der Waals surface area contributed by atoms with Crippen molar-refractivity contribution in [2.24, 2.45) is 0 Å². The lowest BCUT2D eigenvalue weighted by molar-refractivity contribution is 0.0917. The Balaban J connectivity index is 1.43. The van der Waals surface area contributed by atoms with Gasteiger partial charge in [-0.25, -0.2) is 4.79 Å². The van der Waals surface area contributed by atoms with Crippen LogP contribution in [0, 0.1) is 6.92 Å². The molecule has 1 aliphatic heterocycles. The van der Waals surface area contributed by atoms with Crippen molar-refractivity contribution in [1.29, 1.82) is 0 Å². The zero-order valence-electron chi connectivity index (χ0n) is 14.4. The molecule has 1 aromatic carbocycles. The van der Waals surface area contributed by atoms with Crippen molar-refractivity contribution in [3.05, 3.63) is 35.4 Å². The van der Waals surface area contributed by atoms with Crippen LogP contribution in [0.5, 0.6) is 0 Å². The molecule has 1 aromatic rings. The molecular formula is C19H27N3O2. The first kappa shape index (κ1) is 16.8. The highest BCUT2D eigenvalue weighted by Gasteiger charge is 2.26. The molecule has 3 amide bonds. The second-order valence-electron chi connectivity index (χ2n) is 7.03. The second kappa shape index (κ2) is 7.69. The van der Waals surface area contributed by atoms with Gasteiger partial charge in [0.25, 0.3) is 5.91 Å². The summed E-state index contributed by atoms with van der Waals surface area (Å²) >= 11 is 0. The predicted octanol–water partition coefficient (Wildman–Crippen LogP) is 2.84. The van der Waals surface area contributed by atoms with E-state index in [0.717, 1.165) is 31.2 Å². The molecule has 3 rings (SSSR count). The molecule has 2 N–H and O–H groups in total. The Morgan fingerprint density at radius 2 is 1.50 bits per heavy atom. The van der Waals surface area contributed by atoms with Gasteiger partial charge in [-0.3, -0.25) is 4.79 Å². The average Bonchev–Trinajstić information content (AvgIpc) is 3.09. The first-order valence-corrected chi connectivity index (χ1v) is 9.05. The van der Waals surface area contributed by atoms with Gasteiger partial charge in [-0.15, -0.1) is 0 Å². The number of likely N-dealkylation sites (tertiary alicyclic amines) is 1. The number of carbonyl (C=O) groups is 2. The van der Waals surface area contributed by atoms with E-state index >= 15 is 0 Å². The molecule has 0 radical (unpaired) electrons. The number of nitrogens with zero attached hydrogens (tertiary/aromatic N) is 1. The van der Waals surface area contributed by atoms with Gasteiger partial charge < -0.3 is 15.5 Å². The molecule has 0 aromatic heterocycles. The lowest BCUT2D eigenvalue weighted by atomic mass is 10.0. The van der Waals surface area contributed by atoms with Crippen LogP contribution >= 0.6 is 0 Å².